The Bertz CT molecular complexity index is 1330. The molecule has 1 aliphatic heterocycles. The number of para-hydroxylation sites is 1. The summed E-state index contributed by atoms with van der Waals surface area (Å²) >= 11 is 1.56. The Labute approximate surface area is 200 Å². The van der Waals surface area contributed by atoms with Crippen LogP contribution in [0.1, 0.15) is 35.9 Å². The van der Waals surface area contributed by atoms with Crippen LogP contribution in [0.15, 0.2) is 89.5 Å². The van der Waals surface area contributed by atoms with E-state index in [4.69, 9.17) is 15.3 Å². The van der Waals surface area contributed by atoms with Gasteiger partial charge in [0.2, 0.25) is 5.91 Å². The van der Waals surface area contributed by atoms with Crippen LogP contribution in [0.4, 0.5) is 0 Å². The SMILES string of the molecule is O=C(O)CCC(=O)N1N=C(c2nn(-c3ccccc3)cc2-c2ccccc2)C[C@H]1c1cccs1. The maximum Gasteiger partial charge on any atom is 0.303 e. The molecule has 4 aromatic rings. The van der Waals surface area contributed by atoms with Crippen molar-refractivity contribution in [3.63, 3.8) is 0 Å². The summed E-state index contributed by atoms with van der Waals surface area (Å²) in [5.74, 6) is -1.31. The van der Waals surface area contributed by atoms with Gasteiger partial charge in [-0.2, -0.15) is 10.2 Å². The van der Waals surface area contributed by atoms with Gasteiger partial charge in [-0.15, -0.1) is 11.3 Å². The van der Waals surface area contributed by atoms with E-state index < -0.39 is 5.97 Å². The summed E-state index contributed by atoms with van der Waals surface area (Å²) in [6.45, 7) is 0. The molecule has 0 spiro atoms. The van der Waals surface area contributed by atoms with Crippen LogP contribution in [0.2, 0.25) is 0 Å². The molecule has 0 fully saturated rings. The number of aromatic nitrogens is 2. The summed E-state index contributed by atoms with van der Waals surface area (Å²) in [5.41, 5.74) is 4.27. The van der Waals surface area contributed by atoms with E-state index in [1.165, 1.54) is 5.01 Å². The van der Waals surface area contributed by atoms with Crippen molar-refractivity contribution in [3.05, 3.63) is 94.9 Å². The first-order chi connectivity index (χ1) is 16.6. The van der Waals surface area contributed by atoms with Gasteiger partial charge in [0.15, 0.2) is 0 Å². The molecule has 5 rings (SSSR count). The number of carbonyl (C=O) groups is 2. The topological polar surface area (TPSA) is 87.8 Å². The highest BCUT2D eigenvalue weighted by Crippen LogP contribution is 2.37. The molecule has 7 nitrogen and oxygen atoms in total. The maximum atomic E-state index is 12.9. The standard InChI is InChI=1S/C26H22N4O3S/c31-24(13-14-25(32)33)30-22(23-12-7-15-34-23)16-21(27-30)26-20(18-8-3-1-4-9-18)17-29(28-26)19-10-5-2-6-11-19/h1-12,15,17,22H,13-14,16H2,(H,32,33)/t22-/m0/s1. The fourth-order valence-electron chi connectivity index (χ4n) is 4.04. The Kier molecular flexibility index (Phi) is 6.05. The van der Waals surface area contributed by atoms with Gasteiger partial charge in [-0.25, -0.2) is 9.69 Å². The maximum absolute atomic E-state index is 12.9. The lowest BCUT2D eigenvalue weighted by Crippen LogP contribution is -2.26. The van der Waals surface area contributed by atoms with E-state index in [1.807, 2.05) is 89.1 Å². The fourth-order valence-corrected chi connectivity index (χ4v) is 4.85. The molecular weight excluding hydrogens is 448 g/mol. The predicted octanol–water partition coefficient (Wildman–Crippen LogP) is 5.14. The first kappa shape index (κ1) is 21.8. The first-order valence-corrected chi connectivity index (χ1v) is 11.8. The molecule has 0 saturated heterocycles. The number of hydrogen-bond donors (Lipinski definition) is 1. The van der Waals surface area contributed by atoms with Crippen molar-refractivity contribution < 1.29 is 14.7 Å². The summed E-state index contributed by atoms with van der Waals surface area (Å²) in [6.07, 6.45) is 2.16. The third-order valence-corrected chi connectivity index (χ3v) is 6.66. The number of carboxylic acid groups (broad SMARTS) is 1. The fraction of sp³-hybridized carbons (Fsp3) is 0.154. The molecule has 0 aliphatic carbocycles. The number of benzene rings is 2. The third-order valence-electron chi connectivity index (χ3n) is 5.68. The lowest BCUT2D eigenvalue weighted by atomic mass is 10.0. The van der Waals surface area contributed by atoms with Gasteiger partial charge < -0.3 is 5.11 Å². The molecule has 3 heterocycles. The highest BCUT2D eigenvalue weighted by Gasteiger charge is 2.35. The molecule has 170 valence electrons. The molecule has 8 heteroatoms. The lowest BCUT2D eigenvalue weighted by molar-refractivity contribution is -0.141. The van der Waals surface area contributed by atoms with Crippen LogP contribution in [0, 0.1) is 0 Å². The molecule has 2 aromatic carbocycles. The van der Waals surface area contributed by atoms with Crippen LogP contribution >= 0.6 is 11.3 Å². The third kappa shape index (κ3) is 4.40. The first-order valence-electron chi connectivity index (χ1n) is 11.0. The van der Waals surface area contributed by atoms with Crippen molar-refractivity contribution in [2.75, 3.05) is 0 Å². The molecule has 0 unspecified atom stereocenters. The van der Waals surface area contributed by atoms with Gasteiger partial charge >= 0.3 is 5.97 Å². The van der Waals surface area contributed by atoms with E-state index in [2.05, 4.69) is 0 Å². The van der Waals surface area contributed by atoms with Crippen LogP contribution < -0.4 is 0 Å². The monoisotopic (exact) mass is 470 g/mol. The molecule has 1 aliphatic rings. The Morgan fingerprint density at radius 3 is 2.38 bits per heavy atom. The van der Waals surface area contributed by atoms with Crippen molar-refractivity contribution in [2.24, 2.45) is 5.10 Å². The molecule has 0 saturated carbocycles. The minimum absolute atomic E-state index is 0.0992. The van der Waals surface area contributed by atoms with E-state index in [1.54, 1.807) is 11.3 Å². The normalized spacial score (nSPS) is 15.4. The van der Waals surface area contributed by atoms with Crippen molar-refractivity contribution in [2.45, 2.75) is 25.3 Å². The number of amides is 1. The van der Waals surface area contributed by atoms with E-state index in [0.717, 1.165) is 21.7 Å². The quantitative estimate of drug-likeness (QED) is 0.405. The molecule has 2 aromatic heterocycles. The van der Waals surface area contributed by atoms with E-state index in [-0.39, 0.29) is 24.8 Å². The molecule has 34 heavy (non-hydrogen) atoms. The van der Waals surface area contributed by atoms with E-state index in [9.17, 15) is 9.59 Å². The second kappa shape index (κ2) is 9.44. The summed E-state index contributed by atoms with van der Waals surface area (Å²) in [4.78, 5) is 25.0. The van der Waals surface area contributed by atoms with E-state index in [0.29, 0.717) is 17.8 Å². The van der Waals surface area contributed by atoms with Crippen LogP contribution in [-0.4, -0.2) is 37.5 Å². The number of carboxylic acids is 1. The number of thiophene rings is 1. The van der Waals surface area contributed by atoms with Crippen LogP contribution in [0.25, 0.3) is 16.8 Å². The van der Waals surface area contributed by atoms with Crippen molar-refractivity contribution in [1.82, 2.24) is 14.8 Å². The minimum atomic E-state index is -1.00. The summed E-state index contributed by atoms with van der Waals surface area (Å²) in [7, 11) is 0. The highest BCUT2D eigenvalue weighted by molar-refractivity contribution is 7.10. The Morgan fingerprint density at radius 2 is 1.71 bits per heavy atom. The largest absolute Gasteiger partial charge is 0.481 e. The molecule has 0 bridgehead atoms. The second-order valence-corrected chi connectivity index (χ2v) is 8.93. The molecular formula is C26H22N4O3S. The average molecular weight is 471 g/mol. The zero-order valence-electron chi connectivity index (χ0n) is 18.2. The number of nitrogens with zero attached hydrogens (tertiary/aromatic N) is 4. The van der Waals surface area contributed by atoms with Crippen molar-refractivity contribution in [3.8, 4) is 16.8 Å². The van der Waals surface area contributed by atoms with Crippen molar-refractivity contribution in [1.29, 1.82) is 0 Å². The molecule has 1 amide bonds. The zero-order valence-corrected chi connectivity index (χ0v) is 19.1. The Hall–Kier alpha value is -4.04. The van der Waals surface area contributed by atoms with Gasteiger partial charge in [0.25, 0.3) is 0 Å². The van der Waals surface area contributed by atoms with E-state index >= 15 is 0 Å². The minimum Gasteiger partial charge on any atom is -0.481 e. The van der Waals surface area contributed by atoms with Gasteiger partial charge in [0.1, 0.15) is 5.69 Å². The van der Waals surface area contributed by atoms with Gasteiger partial charge in [-0.05, 0) is 29.1 Å². The average Bonchev–Trinajstić information content (AvgIpc) is 3.62. The van der Waals surface area contributed by atoms with Gasteiger partial charge in [0.05, 0.1) is 23.9 Å². The Balaban J connectivity index is 1.57. The summed E-state index contributed by atoms with van der Waals surface area (Å²) in [6, 6.07) is 23.5. The zero-order chi connectivity index (χ0) is 23.5. The second-order valence-electron chi connectivity index (χ2n) is 7.95. The van der Waals surface area contributed by atoms with Crippen molar-refractivity contribution >= 4 is 28.9 Å². The molecule has 1 atom stereocenters. The van der Waals surface area contributed by atoms with Crippen LogP contribution in [-0.2, 0) is 9.59 Å². The van der Waals surface area contributed by atoms with Crippen LogP contribution in [0.3, 0.4) is 0 Å². The Morgan fingerprint density at radius 1 is 0.971 bits per heavy atom. The van der Waals surface area contributed by atoms with Gasteiger partial charge in [0, 0.05) is 29.5 Å². The number of aliphatic carboxylic acids is 1. The molecule has 0 radical (unpaired) electrons. The smallest absolute Gasteiger partial charge is 0.303 e. The molecule has 1 N–H and O–H groups in total. The number of carbonyl (C=O) groups excluding carboxylic acids is 1. The van der Waals surface area contributed by atoms with Gasteiger partial charge in [-0.3, -0.25) is 9.59 Å². The number of hydrogen-bond acceptors (Lipinski definition) is 5. The highest BCUT2D eigenvalue weighted by atomic mass is 32.1. The number of hydrazone groups is 1. The van der Waals surface area contributed by atoms with Gasteiger partial charge in [-0.1, -0.05) is 54.6 Å². The predicted molar refractivity (Wildman–Crippen MR) is 131 cm³/mol. The summed E-state index contributed by atoms with van der Waals surface area (Å²) < 4.78 is 1.83. The lowest BCUT2D eigenvalue weighted by Gasteiger charge is -2.20. The van der Waals surface area contributed by atoms with Crippen LogP contribution in [0.5, 0.6) is 0 Å². The summed E-state index contributed by atoms with van der Waals surface area (Å²) in [5, 5.41) is 22.0. The number of rotatable bonds is 7.